The molecule has 0 aliphatic carbocycles. The minimum atomic E-state index is -0.357. The van der Waals surface area contributed by atoms with Crippen LogP contribution in [0.15, 0.2) is 79.5 Å². The molecular weight excluding hydrogens is 398 g/mol. The van der Waals surface area contributed by atoms with Crippen LogP contribution in [0.25, 0.3) is 0 Å². The van der Waals surface area contributed by atoms with Crippen molar-refractivity contribution in [2.75, 3.05) is 6.61 Å². The van der Waals surface area contributed by atoms with Gasteiger partial charge in [-0.05, 0) is 73.2 Å². The minimum Gasteiger partial charge on any atom is -0.492 e. The largest absolute Gasteiger partial charge is 0.492 e. The normalized spacial score (nSPS) is 10.5. The maximum atomic E-state index is 12.3. The second-order valence-corrected chi connectivity index (χ2v) is 7.76. The van der Waals surface area contributed by atoms with Gasteiger partial charge in [-0.2, -0.15) is 0 Å². The van der Waals surface area contributed by atoms with E-state index in [9.17, 15) is 4.79 Å². The molecule has 0 unspecified atom stereocenters. The van der Waals surface area contributed by atoms with E-state index in [-0.39, 0.29) is 5.97 Å². The standard InChI is InChI=1S/C28H31NO3/c1-3-5-6-20-31-27-19-16-25(29-21-27)15-10-23-11-17-26(18-12-23)32-28(30)24-13-8-22(7-4-2)9-14-24/h4,8-9,11-14,16-19,21H,2-3,5-7,10,15,20H2,1H3. The number of ether oxygens (including phenoxy) is 2. The van der Waals surface area contributed by atoms with Gasteiger partial charge in [0.1, 0.15) is 11.5 Å². The van der Waals surface area contributed by atoms with E-state index in [1.807, 2.05) is 54.6 Å². The zero-order chi connectivity index (χ0) is 22.6. The van der Waals surface area contributed by atoms with Gasteiger partial charge >= 0.3 is 5.97 Å². The molecule has 0 bridgehead atoms. The molecule has 0 atom stereocenters. The van der Waals surface area contributed by atoms with Gasteiger partial charge in [0, 0.05) is 5.69 Å². The lowest BCUT2D eigenvalue weighted by Gasteiger charge is -2.08. The zero-order valence-electron chi connectivity index (χ0n) is 18.8. The Morgan fingerprint density at radius 2 is 1.62 bits per heavy atom. The number of rotatable bonds is 12. The maximum absolute atomic E-state index is 12.3. The Morgan fingerprint density at radius 1 is 0.906 bits per heavy atom. The fraction of sp³-hybridized carbons (Fsp3) is 0.286. The van der Waals surface area contributed by atoms with Gasteiger partial charge < -0.3 is 9.47 Å². The monoisotopic (exact) mass is 429 g/mol. The van der Waals surface area contributed by atoms with Crippen LogP contribution < -0.4 is 9.47 Å². The van der Waals surface area contributed by atoms with Crippen LogP contribution in [0.2, 0.25) is 0 Å². The van der Waals surface area contributed by atoms with Crippen LogP contribution in [0.5, 0.6) is 11.5 Å². The van der Waals surface area contributed by atoms with Crippen LogP contribution in [0.1, 0.15) is 53.4 Å². The number of hydrogen-bond acceptors (Lipinski definition) is 4. The first kappa shape index (κ1) is 23.3. The molecule has 0 radical (unpaired) electrons. The summed E-state index contributed by atoms with van der Waals surface area (Å²) in [6.45, 7) is 6.65. The first-order valence-electron chi connectivity index (χ1n) is 11.3. The van der Waals surface area contributed by atoms with Crippen LogP contribution in [0, 0.1) is 0 Å². The van der Waals surface area contributed by atoms with Gasteiger partial charge in [0.2, 0.25) is 0 Å². The lowest BCUT2D eigenvalue weighted by Crippen LogP contribution is -2.08. The summed E-state index contributed by atoms with van der Waals surface area (Å²) < 4.78 is 11.2. The summed E-state index contributed by atoms with van der Waals surface area (Å²) in [6.07, 6.45) is 9.57. The van der Waals surface area contributed by atoms with Gasteiger partial charge in [-0.3, -0.25) is 4.98 Å². The molecule has 2 aromatic carbocycles. The van der Waals surface area contributed by atoms with Gasteiger partial charge in [-0.15, -0.1) is 6.58 Å². The Kier molecular flexibility index (Phi) is 9.05. The fourth-order valence-electron chi connectivity index (χ4n) is 3.29. The summed E-state index contributed by atoms with van der Waals surface area (Å²) in [7, 11) is 0. The average Bonchev–Trinajstić information content (AvgIpc) is 2.83. The fourth-order valence-corrected chi connectivity index (χ4v) is 3.29. The SMILES string of the molecule is C=CCc1ccc(C(=O)Oc2ccc(CCc3ccc(OCCCCC)cn3)cc2)cc1. The highest BCUT2D eigenvalue weighted by atomic mass is 16.5. The van der Waals surface area contributed by atoms with E-state index in [0.717, 1.165) is 49.3 Å². The number of carbonyl (C=O) groups is 1. The van der Waals surface area contributed by atoms with Crippen molar-refractivity contribution in [1.82, 2.24) is 4.98 Å². The molecule has 0 saturated heterocycles. The number of allylic oxidation sites excluding steroid dienone is 1. The second-order valence-electron chi connectivity index (χ2n) is 7.76. The Labute approximate surface area is 190 Å². The lowest BCUT2D eigenvalue weighted by atomic mass is 10.1. The number of pyridine rings is 1. The number of benzene rings is 2. The number of hydrogen-bond donors (Lipinski definition) is 0. The Hall–Kier alpha value is -3.40. The van der Waals surface area contributed by atoms with Gasteiger partial charge in [0.05, 0.1) is 18.4 Å². The van der Waals surface area contributed by atoms with Crippen LogP contribution in [0.3, 0.4) is 0 Å². The predicted octanol–water partition coefficient (Wildman–Crippen LogP) is 6.38. The molecule has 3 aromatic rings. The first-order valence-corrected chi connectivity index (χ1v) is 11.3. The molecule has 0 amide bonds. The van der Waals surface area contributed by atoms with Crippen molar-refractivity contribution in [3.8, 4) is 11.5 Å². The summed E-state index contributed by atoms with van der Waals surface area (Å²) in [5.41, 5.74) is 3.84. The van der Waals surface area contributed by atoms with Crippen molar-refractivity contribution >= 4 is 5.97 Å². The van der Waals surface area contributed by atoms with Crippen LogP contribution in [-0.2, 0) is 19.3 Å². The van der Waals surface area contributed by atoms with Crippen molar-refractivity contribution in [1.29, 1.82) is 0 Å². The summed E-state index contributed by atoms with van der Waals surface area (Å²) >= 11 is 0. The number of carbonyl (C=O) groups excluding carboxylic acids is 1. The van der Waals surface area contributed by atoms with E-state index in [0.29, 0.717) is 11.3 Å². The Balaban J connectivity index is 1.46. The van der Waals surface area contributed by atoms with Crippen molar-refractivity contribution < 1.29 is 14.3 Å². The molecule has 3 rings (SSSR count). The molecule has 1 aromatic heterocycles. The minimum absolute atomic E-state index is 0.357. The third kappa shape index (κ3) is 7.38. The van der Waals surface area contributed by atoms with Crippen LogP contribution in [0.4, 0.5) is 0 Å². The molecule has 0 aliphatic heterocycles. The average molecular weight is 430 g/mol. The molecule has 0 fully saturated rings. The van der Waals surface area contributed by atoms with Gasteiger partial charge in [0.15, 0.2) is 0 Å². The molecule has 166 valence electrons. The number of aromatic nitrogens is 1. The van der Waals surface area contributed by atoms with Crippen molar-refractivity contribution in [2.45, 2.75) is 45.4 Å². The Bertz CT molecular complexity index is 977. The second kappa shape index (κ2) is 12.5. The third-order valence-corrected chi connectivity index (χ3v) is 5.19. The lowest BCUT2D eigenvalue weighted by molar-refractivity contribution is 0.0734. The van der Waals surface area contributed by atoms with Gasteiger partial charge in [-0.1, -0.05) is 50.1 Å². The molecule has 0 spiro atoms. The molecule has 4 heteroatoms. The van der Waals surface area contributed by atoms with E-state index in [1.54, 1.807) is 18.3 Å². The van der Waals surface area contributed by atoms with E-state index in [1.165, 1.54) is 18.4 Å². The summed E-state index contributed by atoms with van der Waals surface area (Å²) in [5.74, 6) is 1.01. The van der Waals surface area contributed by atoms with Gasteiger partial charge in [0.25, 0.3) is 0 Å². The van der Waals surface area contributed by atoms with Crippen LogP contribution in [-0.4, -0.2) is 17.6 Å². The topological polar surface area (TPSA) is 48.4 Å². The zero-order valence-corrected chi connectivity index (χ0v) is 18.8. The molecule has 1 heterocycles. The van der Waals surface area contributed by atoms with E-state index in [2.05, 4.69) is 18.5 Å². The highest BCUT2D eigenvalue weighted by Gasteiger charge is 2.08. The summed E-state index contributed by atoms with van der Waals surface area (Å²) in [6, 6.07) is 19.0. The third-order valence-electron chi connectivity index (χ3n) is 5.19. The maximum Gasteiger partial charge on any atom is 0.343 e. The van der Waals surface area contributed by atoms with Crippen molar-refractivity contribution in [3.05, 3.63) is 102 Å². The Morgan fingerprint density at radius 3 is 2.28 bits per heavy atom. The summed E-state index contributed by atoms with van der Waals surface area (Å²) in [4.78, 5) is 16.8. The van der Waals surface area contributed by atoms with Crippen LogP contribution >= 0.6 is 0 Å². The molecule has 4 nitrogen and oxygen atoms in total. The van der Waals surface area contributed by atoms with E-state index in [4.69, 9.17) is 9.47 Å². The van der Waals surface area contributed by atoms with Crippen molar-refractivity contribution in [3.63, 3.8) is 0 Å². The van der Waals surface area contributed by atoms with Crippen molar-refractivity contribution in [2.24, 2.45) is 0 Å². The van der Waals surface area contributed by atoms with Gasteiger partial charge in [-0.25, -0.2) is 4.79 Å². The summed E-state index contributed by atoms with van der Waals surface area (Å²) in [5, 5.41) is 0. The first-order chi connectivity index (χ1) is 15.7. The number of esters is 1. The number of nitrogens with zero attached hydrogens (tertiary/aromatic N) is 1. The van der Waals surface area contributed by atoms with E-state index >= 15 is 0 Å². The quantitative estimate of drug-likeness (QED) is 0.145. The molecule has 0 N–H and O–H groups in total. The smallest absolute Gasteiger partial charge is 0.343 e. The molecule has 0 saturated carbocycles. The molecular formula is C28H31NO3. The number of unbranched alkanes of at least 4 members (excludes halogenated alkanes) is 2. The highest BCUT2D eigenvalue weighted by Crippen LogP contribution is 2.17. The van der Waals surface area contributed by atoms with E-state index < -0.39 is 0 Å². The molecule has 0 aliphatic rings. The highest BCUT2D eigenvalue weighted by molar-refractivity contribution is 5.91. The number of aryl methyl sites for hydroxylation is 2. The molecule has 32 heavy (non-hydrogen) atoms. The predicted molar refractivity (Wildman–Crippen MR) is 128 cm³/mol.